The van der Waals surface area contributed by atoms with Gasteiger partial charge in [-0.3, -0.25) is 4.79 Å². The number of carbonyl (C=O) groups is 1. The lowest BCUT2D eigenvalue weighted by atomic mass is 10.1. The predicted octanol–water partition coefficient (Wildman–Crippen LogP) is 5.27. The highest BCUT2D eigenvalue weighted by Crippen LogP contribution is 2.34. The van der Waals surface area contributed by atoms with Crippen LogP contribution in [0.4, 0.5) is 23.2 Å². The third-order valence-corrected chi connectivity index (χ3v) is 4.41. The van der Waals surface area contributed by atoms with Crippen LogP contribution in [0.25, 0.3) is 11.3 Å². The molecule has 0 fully saturated rings. The van der Waals surface area contributed by atoms with Gasteiger partial charge in [0, 0.05) is 5.56 Å². The molecule has 0 aliphatic rings. The van der Waals surface area contributed by atoms with E-state index in [4.69, 9.17) is 11.6 Å². The molecule has 4 nitrogen and oxygen atoms in total. The number of halogens is 5. The number of aromatic nitrogens is 2. The maximum absolute atomic E-state index is 13.0. The van der Waals surface area contributed by atoms with Crippen LogP contribution in [0.2, 0.25) is 5.02 Å². The fourth-order valence-corrected chi connectivity index (χ4v) is 2.86. The minimum atomic E-state index is -4.57. The number of anilines is 1. The Labute approximate surface area is 153 Å². The van der Waals surface area contributed by atoms with Gasteiger partial charge < -0.3 is 5.32 Å². The molecule has 0 aliphatic carbocycles. The first-order valence-electron chi connectivity index (χ1n) is 7.02. The Hall–Kier alpha value is -2.52. The van der Waals surface area contributed by atoms with Crippen molar-refractivity contribution in [3.05, 3.63) is 63.7 Å². The Morgan fingerprint density at radius 3 is 2.46 bits per heavy atom. The molecule has 1 heterocycles. The van der Waals surface area contributed by atoms with Crippen LogP contribution < -0.4 is 5.32 Å². The minimum absolute atomic E-state index is 0.0489. The lowest BCUT2D eigenvalue weighted by molar-refractivity contribution is -0.137. The summed E-state index contributed by atoms with van der Waals surface area (Å²) in [5.74, 6) is -1.18. The molecule has 0 unspecified atom stereocenters. The first-order valence-corrected chi connectivity index (χ1v) is 8.17. The van der Waals surface area contributed by atoms with E-state index in [1.54, 1.807) is 0 Å². The van der Waals surface area contributed by atoms with E-state index in [1.807, 2.05) is 0 Å². The van der Waals surface area contributed by atoms with Crippen molar-refractivity contribution in [2.45, 2.75) is 6.18 Å². The molecule has 0 radical (unpaired) electrons. The topological polar surface area (TPSA) is 54.9 Å². The summed E-state index contributed by atoms with van der Waals surface area (Å²) < 4.78 is 55.2. The Balaban J connectivity index is 1.91. The molecule has 10 heteroatoms. The molecule has 1 aromatic heterocycles. The smallest absolute Gasteiger partial charge is 0.320 e. The van der Waals surface area contributed by atoms with Crippen molar-refractivity contribution in [2.75, 3.05) is 5.32 Å². The lowest BCUT2D eigenvalue weighted by Crippen LogP contribution is -2.13. The second-order valence-corrected chi connectivity index (χ2v) is 6.27. The molecular formula is C16H8ClF4N3OS. The summed E-state index contributed by atoms with van der Waals surface area (Å²) in [6, 6.07) is 7.83. The Morgan fingerprint density at radius 1 is 1.12 bits per heavy atom. The van der Waals surface area contributed by atoms with E-state index in [0.29, 0.717) is 5.56 Å². The number of hydrogen-bond donors (Lipinski definition) is 1. The first kappa shape index (κ1) is 18.3. The lowest BCUT2D eigenvalue weighted by Gasteiger charge is -2.11. The largest absolute Gasteiger partial charge is 0.416 e. The average molecular weight is 402 g/mol. The predicted molar refractivity (Wildman–Crippen MR) is 89.7 cm³/mol. The Bertz CT molecular complexity index is 957. The van der Waals surface area contributed by atoms with Crippen molar-refractivity contribution < 1.29 is 22.4 Å². The van der Waals surface area contributed by atoms with Crippen LogP contribution in [0.1, 0.15) is 15.2 Å². The monoisotopic (exact) mass is 401 g/mol. The fraction of sp³-hybridized carbons (Fsp3) is 0.0625. The maximum atomic E-state index is 13.0. The summed E-state index contributed by atoms with van der Waals surface area (Å²) in [6.07, 6.45) is -4.57. The van der Waals surface area contributed by atoms with Crippen LogP contribution in [0, 0.1) is 5.82 Å². The average Bonchev–Trinajstić information content (AvgIpc) is 3.06. The van der Waals surface area contributed by atoms with Crippen LogP contribution in [0.15, 0.2) is 42.5 Å². The number of nitrogens with one attached hydrogen (secondary N) is 1. The Morgan fingerprint density at radius 2 is 1.81 bits per heavy atom. The van der Waals surface area contributed by atoms with Gasteiger partial charge in [0.15, 0.2) is 0 Å². The van der Waals surface area contributed by atoms with E-state index in [2.05, 4.69) is 14.9 Å². The summed E-state index contributed by atoms with van der Waals surface area (Å²) in [6.45, 7) is 0. The number of alkyl halides is 3. The van der Waals surface area contributed by atoms with Crippen molar-refractivity contribution in [1.29, 1.82) is 0 Å². The van der Waals surface area contributed by atoms with E-state index >= 15 is 0 Å². The normalized spacial score (nSPS) is 11.4. The summed E-state index contributed by atoms with van der Waals surface area (Å²) in [5, 5.41) is 6.11. The van der Waals surface area contributed by atoms with Gasteiger partial charge in [-0.2, -0.15) is 13.2 Å². The maximum Gasteiger partial charge on any atom is 0.416 e. The summed E-state index contributed by atoms with van der Waals surface area (Å²) in [5.41, 5.74) is -0.501. The SMILES string of the molecule is O=C(Nc1cc(C(F)(F)F)ccc1Cl)c1snnc1-c1ccc(F)cc1. The number of carbonyl (C=O) groups excluding carboxylic acids is 1. The zero-order valence-electron chi connectivity index (χ0n) is 12.6. The second-order valence-electron chi connectivity index (χ2n) is 5.10. The van der Waals surface area contributed by atoms with Crippen molar-refractivity contribution in [2.24, 2.45) is 0 Å². The molecule has 1 amide bonds. The van der Waals surface area contributed by atoms with E-state index in [0.717, 1.165) is 29.7 Å². The van der Waals surface area contributed by atoms with Crippen LogP contribution in [-0.2, 0) is 6.18 Å². The molecule has 0 aliphatic heterocycles. The van der Waals surface area contributed by atoms with E-state index < -0.39 is 23.5 Å². The van der Waals surface area contributed by atoms with Gasteiger partial charge in [0.25, 0.3) is 5.91 Å². The van der Waals surface area contributed by atoms with Gasteiger partial charge in [-0.25, -0.2) is 4.39 Å². The van der Waals surface area contributed by atoms with Gasteiger partial charge >= 0.3 is 6.18 Å². The van der Waals surface area contributed by atoms with Gasteiger partial charge in [0.05, 0.1) is 16.3 Å². The first-order chi connectivity index (χ1) is 12.3. The highest BCUT2D eigenvalue weighted by molar-refractivity contribution is 7.08. The number of hydrogen-bond acceptors (Lipinski definition) is 4. The summed E-state index contributed by atoms with van der Waals surface area (Å²) in [4.78, 5) is 12.5. The molecule has 3 aromatic rings. The molecule has 1 N–H and O–H groups in total. The van der Waals surface area contributed by atoms with Gasteiger partial charge in [0.2, 0.25) is 0 Å². The van der Waals surface area contributed by atoms with Crippen molar-refractivity contribution in [3.63, 3.8) is 0 Å². The molecule has 0 atom stereocenters. The molecule has 0 saturated carbocycles. The Kier molecular flexibility index (Phi) is 4.92. The third-order valence-electron chi connectivity index (χ3n) is 3.35. The van der Waals surface area contributed by atoms with Gasteiger partial charge in [-0.05, 0) is 54.0 Å². The van der Waals surface area contributed by atoms with Crippen molar-refractivity contribution in [3.8, 4) is 11.3 Å². The van der Waals surface area contributed by atoms with Gasteiger partial charge in [-0.1, -0.05) is 16.1 Å². The molecule has 2 aromatic carbocycles. The molecule has 0 bridgehead atoms. The molecule has 26 heavy (non-hydrogen) atoms. The van der Waals surface area contributed by atoms with Gasteiger partial charge in [-0.15, -0.1) is 5.10 Å². The molecule has 3 rings (SSSR count). The summed E-state index contributed by atoms with van der Waals surface area (Å²) >= 11 is 6.63. The second kappa shape index (κ2) is 7.00. The van der Waals surface area contributed by atoms with Crippen molar-refractivity contribution >= 4 is 34.7 Å². The zero-order chi connectivity index (χ0) is 18.9. The van der Waals surface area contributed by atoms with Crippen LogP contribution in [0.3, 0.4) is 0 Å². The zero-order valence-corrected chi connectivity index (χ0v) is 14.2. The van der Waals surface area contributed by atoms with Gasteiger partial charge in [0.1, 0.15) is 16.4 Å². The number of benzene rings is 2. The number of nitrogens with zero attached hydrogens (tertiary/aromatic N) is 2. The third kappa shape index (κ3) is 3.83. The highest BCUT2D eigenvalue weighted by atomic mass is 35.5. The molecule has 134 valence electrons. The fourth-order valence-electron chi connectivity index (χ4n) is 2.11. The van der Waals surface area contributed by atoms with Crippen LogP contribution >= 0.6 is 23.1 Å². The quantitative estimate of drug-likeness (QED) is 0.608. The molecular weight excluding hydrogens is 394 g/mol. The highest BCUT2D eigenvalue weighted by Gasteiger charge is 2.31. The van der Waals surface area contributed by atoms with Crippen LogP contribution in [-0.4, -0.2) is 15.5 Å². The summed E-state index contributed by atoms with van der Waals surface area (Å²) in [7, 11) is 0. The van der Waals surface area contributed by atoms with Crippen molar-refractivity contribution in [1.82, 2.24) is 9.59 Å². The van der Waals surface area contributed by atoms with Crippen LogP contribution in [0.5, 0.6) is 0 Å². The van der Waals surface area contributed by atoms with E-state index in [1.165, 1.54) is 24.3 Å². The number of rotatable bonds is 3. The molecule has 0 saturated heterocycles. The standard InChI is InChI=1S/C16H8ClF4N3OS/c17-11-6-3-9(16(19,20)21)7-12(11)22-15(25)14-13(23-24-26-14)8-1-4-10(18)5-2-8/h1-7H,(H,22,25). The minimum Gasteiger partial charge on any atom is -0.320 e. The number of amides is 1. The van der Waals surface area contributed by atoms with E-state index in [-0.39, 0.29) is 21.3 Å². The van der Waals surface area contributed by atoms with E-state index in [9.17, 15) is 22.4 Å². The molecule has 0 spiro atoms.